The normalized spacial score (nSPS) is 10.5. The Balaban J connectivity index is 1.95. The number of nitrogens with one attached hydrogen (secondary N) is 1. The van der Waals surface area contributed by atoms with E-state index in [1.165, 1.54) is 0 Å². The first kappa shape index (κ1) is 8.97. The molecule has 0 aliphatic heterocycles. The molecule has 1 N–H and O–H groups in total. The lowest BCUT2D eigenvalue weighted by molar-refractivity contribution is 0.816. The lowest BCUT2D eigenvalue weighted by atomic mass is 10.3. The van der Waals surface area contributed by atoms with Crippen LogP contribution >= 0.6 is 0 Å². The van der Waals surface area contributed by atoms with Crippen molar-refractivity contribution in [1.82, 2.24) is 9.89 Å². The zero-order valence-electron chi connectivity index (χ0n) is 8.67. The Labute approximate surface area is 93.3 Å². The number of aromatic nitrogens is 2. The highest BCUT2D eigenvalue weighted by Gasteiger charge is 1.98. The van der Waals surface area contributed by atoms with Gasteiger partial charge in [-0.2, -0.15) is 9.89 Å². The summed E-state index contributed by atoms with van der Waals surface area (Å²) in [6, 6.07) is 18.0. The van der Waals surface area contributed by atoms with E-state index in [9.17, 15) is 0 Å². The van der Waals surface area contributed by atoms with Gasteiger partial charge in [-0.3, -0.25) is 5.43 Å². The first-order valence-electron chi connectivity index (χ1n) is 5.18. The third-order valence-electron chi connectivity index (χ3n) is 2.43. The van der Waals surface area contributed by atoms with Crippen LogP contribution in [0.5, 0.6) is 0 Å². The number of fused-ring (bicyclic) bond motifs is 1. The van der Waals surface area contributed by atoms with Gasteiger partial charge in [-0.05, 0) is 18.2 Å². The van der Waals surface area contributed by atoms with E-state index in [4.69, 9.17) is 0 Å². The van der Waals surface area contributed by atoms with Gasteiger partial charge in [0.1, 0.15) is 0 Å². The van der Waals surface area contributed by atoms with Gasteiger partial charge in [0, 0.05) is 5.39 Å². The predicted octanol–water partition coefficient (Wildman–Crippen LogP) is 2.91. The molecule has 0 spiro atoms. The average Bonchev–Trinajstić information content (AvgIpc) is 2.72. The largest absolute Gasteiger partial charge is 0.278 e. The van der Waals surface area contributed by atoms with Crippen molar-refractivity contribution in [1.29, 1.82) is 0 Å². The summed E-state index contributed by atoms with van der Waals surface area (Å²) in [6.07, 6.45) is 1.97. The molecule has 16 heavy (non-hydrogen) atoms. The van der Waals surface area contributed by atoms with Gasteiger partial charge in [-0.25, -0.2) is 0 Å². The third-order valence-corrected chi connectivity index (χ3v) is 2.43. The minimum atomic E-state index is 0.992. The summed E-state index contributed by atoms with van der Waals surface area (Å²) in [7, 11) is 0. The molecule has 0 saturated heterocycles. The highest BCUT2D eigenvalue weighted by molar-refractivity contribution is 5.77. The van der Waals surface area contributed by atoms with E-state index in [0.717, 1.165) is 16.6 Å². The van der Waals surface area contributed by atoms with E-state index >= 15 is 0 Å². The van der Waals surface area contributed by atoms with Crippen LogP contribution in [0.4, 0.5) is 5.69 Å². The quantitative estimate of drug-likeness (QED) is 0.703. The topological polar surface area (TPSA) is 29.9 Å². The SMILES string of the molecule is c1ccc(Nn2cc3ccccc3n2)cc1. The summed E-state index contributed by atoms with van der Waals surface area (Å²) in [4.78, 5) is 1.74. The second kappa shape index (κ2) is 3.70. The molecule has 3 aromatic rings. The molecule has 0 unspecified atom stereocenters. The predicted molar refractivity (Wildman–Crippen MR) is 65.2 cm³/mol. The van der Waals surface area contributed by atoms with Gasteiger partial charge < -0.3 is 0 Å². The van der Waals surface area contributed by atoms with Crippen LogP contribution < -0.4 is 5.43 Å². The number of hydrogen-bond donors (Lipinski definition) is 1. The van der Waals surface area contributed by atoms with Crippen molar-refractivity contribution in [2.24, 2.45) is 0 Å². The van der Waals surface area contributed by atoms with Crippen molar-refractivity contribution in [2.45, 2.75) is 0 Å². The Morgan fingerprint density at radius 2 is 1.62 bits per heavy atom. The Hall–Kier alpha value is -2.29. The minimum absolute atomic E-state index is 0.992. The van der Waals surface area contributed by atoms with Gasteiger partial charge in [0.05, 0.1) is 17.4 Å². The molecule has 2 aromatic carbocycles. The van der Waals surface area contributed by atoms with Crippen LogP contribution in [0.1, 0.15) is 0 Å². The summed E-state index contributed by atoms with van der Waals surface area (Å²) in [5.74, 6) is 0. The maximum absolute atomic E-state index is 4.41. The summed E-state index contributed by atoms with van der Waals surface area (Å²) in [5.41, 5.74) is 5.21. The second-order valence-corrected chi connectivity index (χ2v) is 3.61. The summed E-state index contributed by atoms with van der Waals surface area (Å²) in [5, 5.41) is 5.54. The van der Waals surface area contributed by atoms with Gasteiger partial charge in [0.15, 0.2) is 0 Å². The van der Waals surface area contributed by atoms with Crippen molar-refractivity contribution in [3.8, 4) is 0 Å². The number of para-hydroxylation sites is 1. The molecule has 3 nitrogen and oxygen atoms in total. The van der Waals surface area contributed by atoms with Gasteiger partial charge in [0.2, 0.25) is 0 Å². The van der Waals surface area contributed by atoms with E-state index in [2.05, 4.69) is 10.5 Å². The smallest absolute Gasteiger partial charge is 0.0944 e. The number of hydrogen-bond acceptors (Lipinski definition) is 2. The van der Waals surface area contributed by atoms with Gasteiger partial charge in [-0.15, -0.1) is 0 Å². The van der Waals surface area contributed by atoms with E-state index in [-0.39, 0.29) is 0 Å². The van der Waals surface area contributed by atoms with Crippen LogP contribution in [-0.4, -0.2) is 9.89 Å². The Kier molecular flexibility index (Phi) is 2.07. The lowest BCUT2D eigenvalue weighted by Crippen LogP contribution is -2.08. The molecule has 0 bridgehead atoms. The molecule has 0 atom stereocenters. The highest BCUT2D eigenvalue weighted by Crippen LogP contribution is 2.12. The standard InChI is InChI=1S/C13H11N3/c1-2-7-12(8-3-1)14-16-10-11-6-4-5-9-13(11)15-16/h1-10,14H. The summed E-state index contributed by atoms with van der Waals surface area (Å²) in [6.45, 7) is 0. The van der Waals surface area contributed by atoms with Crippen molar-refractivity contribution in [3.05, 3.63) is 60.8 Å². The fourth-order valence-corrected chi connectivity index (χ4v) is 1.67. The van der Waals surface area contributed by atoms with Crippen molar-refractivity contribution < 1.29 is 0 Å². The van der Waals surface area contributed by atoms with Crippen LogP contribution in [0.2, 0.25) is 0 Å². The fraction of sp³-hybridized carbons (Fsp3) is 0. The van der Waals surface area contributed by atoms with Gasteiger partial charge in [0.25, 0.3) is 0 Å². The van der Waals surface area contributed by atoms with Crippen LogP contribution in [0.3, 0.4) is 0 Å². The van der Waals surface area contributed by atoms with Crippen LogP contribution in [0.15, 0.2) is 60.8 Å². The molecule has 1 heterocycles. The number of nitrogens with zero attached hydrogens (tertiary/aromatic N) is 2. The van der Waals surface area contributed by atoms with Gasteiger partial charge >= 0.3 is 0 Å². The second-order valence-electron chi connectivity index (χ2n) is 3.61. The molecule has 1 aromatic heterocycles. The van der Waals surface area contributed by atoms with E-state index in [0.29, 0.717) is 0 Å². The molecular formula is C13H11N3. The van der Waals surface area contributed by atoms with Gasteiger partial charge in [-0.1, -0.05) is 36.4 Å². The molecule has 0 amide bonds. The summed E-state index contributed by atoms with van der Waals surface area (Å²) < 4.78 is 0. The van der Waals surface area contributed by atoms with E-state index in [1.807, 2.05) is 60.8 Å². The molecule has 3 heteroatoms. The Morgan fingerprint density at radius 3 is 2.44 bits per heavy atom. The molecule has 0 aliphatic carbocycles. The Bertz CT molecular complexity index is 566. The van der Waals surface area contributed by atoms with Crippen molar-refractivity contribution >= 4 is 16.6 Å². The van der Waals surface area contributed by atoms with Crippen molar-refractivity contribution in [3.63, 3.8) is 0 Å². The monoisotopic (exact) mass is 209 g/mol. The molecular weight excluding hydrogens is 198 g/mol. The first-order valence-corrected chi connectivity index (χ1v) is 5.18. The lowest BCUT2D eigenvalue weighted by Gasteiger charge is -2.04. The first-order chi connectivity index (χ1) is 7.92. The number of benzene rings is 2. The maximum Gasteiger partial charge on any atom is 0.0944 e. The number of anilines is 1. The van der Waals surface area contributed by atoms with E-state index in [1.54, 1.807) is 4.79 Å². The number of rotatable bonds is 2. The van der Waals surface area contributed by atoms with Crippen LogP contribution in [0.25, 0.3) is 10.9 Å². The van der Waals surface area contributed by atoms with Crippen LogP contribution in [0, 0.1) is 0 Å². The maximum atomic E-state index is 4.41. The molecule has 3 rings (SSSR count). The molecule has 0 fully saturated rings. The Morgan fingerprint density at radius 1 is 0.875 bits per heavy atom. The highest BCUT2D eigenvalue weighted by atomic mass is 15.5. The third kappa shape index (κ3) is 1.63. The fourth-order valence-electron chi connectivity index (χ4n) is 1.67. The van der Waals surface area contributed by atoms with Crippen LogP contribution in [-0.2, 0) is 0 Å². The zero-order valence-corrected chi connectivity index (χ0v) is 8.67. The zero-order chi connectivity index (χ0) is 10.8. The molecule has 0 saturated carbocycles. The molecule has 78 valence electrons. The average molecular weight is 209 g/mol. The van der Waals surface area contributed by atoms with Crippen molar-refractivity contribution in [2.75, 3.05) is 5.43 Å². The summed E-state index contributed by atoms with van der Waals surface area (Å²) >= 11 is 0. The minimum Gasteiger partial charge on any atom is -0.278 e. The molecule has 0 aliphatic rings. The van der Waals surface area contributed by atoms with E-state index < -0.39 is 0 Å². The molecule has 0 radical (unpaired) electrons.